The van der Waals surface area contributed by atoms with Gasteiger partial charge in [-0.1, -0.05) is 11.6 Å². The van der Waals surface area contributed by atoms with Crippen molar-refractivity contribution in [1.82, 2.24) is 4.72 Å². The molecule has 0 spiro atoms. The molecule has 26 heavy (non-hydrogen) atoms. The van der Waals surface area contributed by atoms with E-state index in [1.54, 1.807) is 12.1 Å². The molecular formula is C16H15ClN2O6S. The van der Waals surface area contributed by atoms with Crippen LogP contribution in [-0.2, 0) is 14.8 Å². The topological polar surface area (TPSA) is 103 Å². The quantitative estimate of drug-likeness (QED) is 0.771. The third-order valence-corrected chi connectivity index (χ3v) is 5.21. The van der Waals surface area contributed by atoms with Gasteiger partial charge in [-0.2, -0.15) is 0 Å². The molecule has 138 valence electrons. The number of carbonyl (C=O) groups excluding carboxylic acids is 1. The average Bonchev–Trinajstić information content (AvgIpc) is 3.08. The first-order valence-electron chi connectivity index (χ1n) is 7.42. The number of fused-ring (bicyclic) bond motifs is 1. The van der Waals surface area contributed by atoms with Gasteiger partial charge in [-0.3, -0.25) is 4.79 Å². The normalized spacial score (nSPS) is 12.7. The Bertz CT molecular complexity index is 948. The summed E-state index contributed by atoms with van der Waals surface area (Å²) < 4.78 is 42.1. The van der Waals surface area contributed by atoms with Crippen molar-refractivity contribution in [2.24, 2.45) is 0 Å². The molecule has 10 heteroatoms. The molecule has 0 aliphatic carbocycles. The predicted molar refractivity (Wildman–Crippen MR) is 94.4 cm³/mol. The smallest absolute Gasteiger partial charge is 0.241 e. The number of hydrogen-bond acceptors (Lipinski definition) is 6. The van der Waals surface area contributed by atoms with Crippen molar-refractivity contribution in [3.8, 4) is 17.2 Å². The molecule has 3 rings (SSSR count). The molecule has 2 N–H and O–H groups in total. The van der Waals surface area contributed by atoms with Crippen LogP contribution in [0, 0.1) is 0 Å². The number of halogens is 1. The number of ether oxygens (including phenoxy) is 3. The number of amides is 1. The van der Waals surface area contributed by atoms with Crippen LogP contribution in [0.3, 0.4) is 0 Å². The van der Waals surface area contributed by atoms with Crippen molar-refractivity contribution in [3.05, 3.63) is 41.4 Å². The Morgan fingerprint density at radius 1 is 1.19 bits per heavy atom. The van der Waals surface area contributed by atoms with Crippen LogP contribution >= 0.6 is 11.6 Å². The van der Waals surface area contributed by atoms with Gasteiger partial charge in [-0.15, -0.1) is 0 Å². The molecule has 0 radical (unpaired) electrons. The summed E-state index contributed by atoms with van der Waals surface area (Å²) in [6, 6.07) is 8.90. The third-order valence-electron chi connectivity index (χ3n) is 3.51. The van der Waals surface area contributed by atoms with E-state index in [0.29, 0.717) is 28.0 Å². The van der Waals surface area contributed by atoms with E-state index in [-0.39, 0.29) is 11.7 Å². The molecule has 0 saturated carbocycles. The number of carbonyl (C=O) groups is 1. The lowest BCUT2D eigenvalue weighted by molar-refractivity contribution is -0.115. The number of benzene rings is 2. The minimum Gasteiger partial charge on any atom is -0.495 e. The monoisotopic (exact) mass is 398 g/mol. The van der Waals surface area contributed by atoms with E-state index < -0.39 is 22.5 Å². The summed E-state index contributed by atoms with van der Waals surface area (Å²) in [6.07, 6.45) is 0. The van der Waals surface area contributed by atoms with Crippen molar-refractivity contribution < 1.29 is 27.4 Å². The van der Waals surface area contributed by atoms with Gasteiger partial charge in [0.25, 0.3) is 0 Å². The van der Waals surface area contributed by atoms with E-state index in [4.69, 9.17) is 25.8 Å². The van der Waals surface area contributed by atoms with Crippen LogP contribution in [0.1, 0.15) is 0 Å². The van der Waals surface area contributed by atoms with E-state index in [1.807, 2.05) is 0 Å². The molecule has 0 aromatic heterocycles. The van der Waals surface area contributed by atoms with E-state index in [1.165, 1.54) is 31.4 Å². The van der Waals surface area contributed by atoms with Crippen molar-refractivity contribution in [3.63, 3.8) is 0 Å². The Morgan fingerprint density at radius 3 is 2.69 bits per heavy atom. The maximum atomic E-state index is 12.3. The van der Waals surface area contributed by atoms with Crippen molar-refractivity contribution in [2.45, 2.75) is 4.90 Å². The number of sulfonamides is 1. The number of nitrogens with one attached hydrogen (secondary N) is 2. The van der Waals surface area contributed by atoms with Gasteiger partial charge in [0, 0.05) is 11.8 Å². The highest BCUT2D eigenvalue weighted by Crippen LogP contribution is 2.33. The number of methoxy groups -OCH3 is 1. The lowest BCUT2D eigenvalue weighted by Gasteiger charge is -2.10. The standard InChI is InChI=1S/C16H15ClN2O6S/c1-23-13-4-2-10(6-12(13)17)19-16(20)8-18-26(21,22)11-3-5-14-15(7-11)25-9-24-14/h2-7,18H,8-9H2,1H3,(H,19,20). The van der Waals surface area contributed by atoms with Crippen LogP contribution < -0.4 is 24.2 Å². The van der Waals surface area contributed by atoms with Crippen LogP contribution in [0.5, 0.6) is 17.2 Å². The van der Waals surface area contributed by atoms with E-state index in [2.05, 4.69) is 10.0 Å². The fourth-order valence-corrected chi connectivity index (χ4v) is 3.49. The average molecular weight is 399 g/mol. The Labute approximate surface area is 155 Å². The zero-order chi connectivity index (χ0) is 18.7. The summed E-state index contributed by atoms with van der Waals surface area (Å²) in [5.41, 5.74) is 0.420. The second-order valence-corrected chi connectivity index (χ2v) is 7.41. The summed E-state index contributed by atoms with van der Waals surface area (Å²) in [5.74, 6) is 0.729. The van der Waals surface area contributed by atoms with Gasteiger partial charge in [0.1, 0.15) is 5.75 Å². The lowest BCUT2D eigenvalue weighted by Crippen LogP contribution is -2.32. The van der Waals surface area contributed by atoms with Crippen LogP contribution in [0.15, 0.2) is 41.3 Å². The van der Waals surface area contributed by atoms with E-state index >= 15 is 0 Å². The second-order valence-electron chi connectivity index (χ2n) is 5.24. The van der Waals surface area contributed by atoms with Crippen LogP contribution in [0.25, 0.3) is 0 Å². The summed E-state index contributed by atoms with van der Waals surface area (Å²) in [4.78, 5) is 12.0. The van der Waals surface area contributed by atoms with E-state index in [0.717, 1.165) is 0 Å². The summed E-state index contributed by atoms with van der Waals surface area (Å²) in [5, 5.41) is 2.87. The maximum Gasteiger partial charge on any atom is 0.241 e. The van der Waals surface area contributed by atoms with Gasteiger partial charge in [0.15, 0.2) is 11.5 Å². The van der Waals surface area contributed by atoms with Gasteiger partial charge < -0.3 is 19.5 Å². The molecule has 0 fully saturated rings. The number of rotatable bonds is 6. The van der Waals surface area contributed by atoms with Crippen LogP contribution in [-0.4, -0.2) is 34.8 Å². The highest BCUT2D eigenvalue weighted by Gasteiger charge is 2.21. The minimum absolute atomic E-state index is 0.0259. The van der Waals surface area contributed by atoms with E-state index in [9.17, 15) is 13.2 Å². The zero-order valence-electron chi connectivity index (χ0n) is 13.6. The fourth-order valence-electron chi connectivity index (χ4n) is 2.24. The van der Waals surface area contributed by atoms with Crippen molar-refractivity contribution >= 4 is 33.2 Å². The third kappa shape index (κ3) is 4.01. The van der Waals surface area contributed by atoms with Crippen molar-refractivity contribution in [1.29, 1.82) is 0 Å². The SMILES string of the molecule is COc1ccc(NC(=O)CNS(=O)(=O)c2ccc3c(c2)OCO3)cc1Cl. The molecule has 1 aliphatic heterocycles. The molecule has 0 unspecified atom stereocenters. The van der Waals surface area contributed by atoms with Crippen LogP contribution in [0.4, 0.5) is 5.69 Å². The predicted octanol–water partition coefficient (Wildman–Crippen LogP) is 1.99. The Kier molecular flexibility index (Phi) is 5.21. The molecule has 1 aliphatic rings. The first kappa shape index (κ1) is 18.3. The Morgan fingerprint density at radius 2 is 1.96 bits per heavy atom. The minimum atomic E-state index is -3.88. The molecule has 8 nitrogen and oxygen atoms in total. The zero-order valence-corrected chi connectivity index (χ0v) is 15.2. The highest BCUT2D eigenvalue weighted by molar-refractivity contribution is 7.89. The maximum absolute atomic E-state index is 12.3. The number of anilines is 1. The Balaban J connectivity index is 1.62. The van der Waals surface area contributed by atoms with Gasteiger partial charge in [0.2, 0.25) is 22.7 Å². The lowest BCUT2D eigenvalue weighted by atomic mass is 10.3. The van der Waals surface area contributed by atoms with Gasteiger partial charge in [-0.25, -0.2) is 13.1 Å². The molecule has 1 heterocycles. The first-order chi connectivity index (χ1) is 12.4. The largest absolute Gasteiger partial charge is 0.495 e. The first-order valence-corrected chi connectivity index (χ1v) is 9.28. The summed E-state index contributed by atoms with van der Waals surface area (Å²) in [7, 11) is -2.40. The van der Waals surface area contributed by atoms with Crippen molar-refractivity contribution in [2.75, 3.05) is 25.8 Å². The Hall–Kier alpha value is -2.49. The molecule has 2 aromatic carbocycles. The highest BCUT2D eigenvalue weighted by atomic mass is 35.5. The molecule has 0 atom stereocenters. The number of hydrogen-bond donors (Lipinski definition) is 2. The molecule has 1 amide bonds. The van der Waals surface area contributed by atoms with Gasteiger partial charge >= 0.3 is 0 Å². The fraction of sp³-hybridized carbons (Fsp3) is 0.188. The molecular weight excluding hydrogens is 384 g/mol. The van der Waals surface area contributed by atoms with Gasteiger partial charge in [-0.05, 0) is 30.3 Å². The molecule has 0 bridgehead atoms. The summed E-state index contributed by atoms with van der Waals surface area (Å²) >= 11 is 5.98. The molecule has 0 saturated heterocycles. The van der Waals surface area contributed by atoms with Gasteiger partial charge in [0.05, 0.1) is 23.6 Å². The summed E-state index contributed by atoms with van der Waals surface area (Å²) in [6.45, 7) is -0.403. The van der Waals surface area contributed by atoms with Crippen LogP contribution in [0.2, 0.25) is 5.02 Å². The molecule has 2 aromatic rings. The second kappa shape index (κ2) is 7.40.